The predicted octanol–water partition coefficient (Wildman–Crippen LogP) is 4.02. The number of ether oxygens (including phenoxy) is 3. The molecule has 2 fully saturated rings. The Morgan fingerprint density at radius 3 is 2.75 bits per heavy atom. The van der Waals surface area contributed by atoms with Gasteiger partial charge in [0.05, 0.1) is 68.8 Å². The minimum absolute atomic E-state index is 0.126. The van der Waals surface area contributed by atoms with E-state index in [1.165, 1.54) is 0 Å². The summed E-state index contributed by atoms with van der Waals surface area (Å²) in [6, 6.07) is 9.94. The molecule has 0 aliphatic carbocycles. The Hall–Kier alpha value is -3.56. The van der Waals surface area contributed by atoms with Gasteiger partial charge >= 0.3 is 0 Å². The lowest BCUT2D eigenvalue weighted by Crippen LogP contribution is -2.36. The van der Waals surface area contributed by atoms with Crippen LogP contribution in [0.3, 0.4) is 0 Å². The number of aromatic nitrogens is 2. The standard InChI is InChI=1S/C26H26ClN5O4/c1-34-18-5-3-15(22(8-18)35-2)11-31-13-20-24(26(31)33)21(10-29-25(20)27)30-23-6-4-16(9-28-23)32-12-19-7-17(32)14-36-19/h3-6,8-10,17,19H,7,11-14H2,1-2H3,(H,28,30)/t17?,19-/m1/s1. The van der Waals surface area contributed by atoms with Crippen LogP contribution in [0.4, 0.5) is 17.2 Å². The molecular formula is C26H26ClN5O4. The topological polar surface area (TPSA) is 89.0 Å². The van der Waals surface area contributed by atoms with E-state index in [4.69, 9.17) is 25.8 Å². The number of rotatable bonds is 7. The highest BCUT2D eigenvalue weighted by Gasteiger charge is 2.39. The zero-order valence-electron chi connectivity index (χ0n) is 20.0. The molecule has 0 saturated carbocycles. The van der Waals surface area contributed by atoms with Gasteiger partial charge in [0.1, 0.15) is 22.5 Å². The Morgan fingerprint density at radius 2 is 2.06 bits per heavy atom. The van der Waals surface area contributed by atoms with Crippen molar-refractivity contribution < 1.29 is 19.0 Å². The van der Waals surface area contributed by atoms with Crippen LogP contribution < -0.4 is 19.7 Å². The molecule has 1 N–H and O–H groups in total. The molecule has 0 radical (unpaired) electrons. The Balaban J connectivity index is 1.22. The maximum absolute atomic E-state index is 13.5. The van der Waals surface area contributed by atoms with Gasteiger partial charge in [-0.1, -0.05) is 11.6 Å². The summed E-state index contributed by atoms with van der Waals surface area (Å²) in [6.07, 6.45) is 4.84. The average molecular weight is 508 g/mol. The molecule has 6 rings (SSSR count). The predicted molar refractivity (Wildman–Crippen MR) is 135 cm³/mol. The number of amides is 1. The monoisotopic (exact) mass is 507 g/mol. The summed E-state index contributed by atoms with van der Waals surface area (Å²) in [5, 5.41) is 3.59. The summed E-state index contributed by atoms with van der Waals surface area (Å²) in [6.45, 7) is 2.40. The Kier molecular flexibility index (Phi) is 5.81. The number of halogens is 1. The summed E-state index contributed by atoms with van der Waals surface area (Å²) < 4.78 is 16.5. The van der Waals surface area contributed by atoms with Crippen LogP contribution in [0.25, 0.3) is 0 Å². The van der Waals surface area contributed by atoms with Gasteiger partial charge in [0, 0.05) is 30.3 Å². The summed E-state index contributed by atoms with van der Waals surface area (Å²) in [5.41, 5.74) is 3.74. The first kappa shape index (κ1) is 22.9. The van der Waals surface area contributed by atoms with E-state index < -0.39 is 0 Å². The molecule has 5 heterocycles. The van der Waals surface area contributed by atoms with Crippen LogP contribution in [0.2, 0.25) is 5.15 Å². The fraction of sp³-hybridized carbons (Fsp3) is 0.346. The maximum atomic E-state index is 13.5. The molecule has 2 bridgehead atoms. The van der Waals surface area contributed by atoms with Gasteiger partial charge in [0.25, 0.3) is 5.91 Å². The second kappa shape index (κ2) is 9.15. The van der Waals surface area contributed by atoms with Crippen molar-refractivity contribution in [2.24, 2.45) is 0 Å². The summed E-state index contributed by atoms with van der Waals surface area (Å²) in [4.78, 5) is 26.5. The lowest BCUT2D eigenvalue weighted by Gasteiger charge is -2.28. The van der Waals surface area contributed by atoms with Crippen molar-refractivity contribution in [3.8, 4) is 11.5 Å². The number of carbonyl (C=O) groups excluding carboxylic acids is 1. The Bertz CT molecular complexity index is 1320. The van der Waals surface area contributed by atoms with Crippen molar-refractivity contribution in [1.82, 2.24) is 14.9 Å². The summed E-state index contributed by atoms with van der Waals surface area (Å²) in [5.74, 6) is 1.85. The van der Waals surface area contributed by atoms with E-state index in [0.29, 0.717) is 64.5 Å². The Labute approximate surface area is 213 Å². The second-order valence-corrected chi connectivity index (χ2v) is 9.54. The zero-order valence-corrected chi connectivity index (χ0v) is 20.8. The summed E-state index contributed by atoms with van der Waals surface area (Å²) in [7, 11) is 3.20. The maximum Gasteiger partial charge on any atom is 0.257 e. The van der Waals surface area contributed by atoms with Crippen LogP contribution >= 0.6 is 11.6 Å². The molecule has 36 heavy (non-hydrogen) atoms. The normalized spacial score (nSPS) is 20.1. The molecule has 1 amide bonds. The minimum Gasteiger partial charge on any atom is -0.497 e. The molecule has 3 aromatic rings. The van der Waals surface area contributed by atoms with Gasteiger partial charge in [-0.3, -0.25) is 4.79 Å². The highest BCUT2D eigenvalue weighted by molar-refractivity contribution is 6.31. The van der Waals surface area contributed by atoms with Crippen molar-refractivity contribution >= 4 is 34.7 Å². The van der Waals surface area contributed by atoms with Crippen molar-refractivity contribution in [1.29, 1.82) is 0 Å². The van der Waals surface area contributed by atoms with Gasteiger partial charge in [-0.2, -0.15) is 0 Å². The smallest absolute Gasteiger partial charge is 0.257 e. The largest absolute Gasteiger partial charge is 0.497 e. The van der Waals surface area contributed by atoms with Crippen molar-refractivity contribution in [3.63, 3.8) is 0 Å². The molecule has 9 nitrogen and oxygen atoms in total. The second-order valence-electron chi connectivity index (χ2n) is 9.18. The number of hydrogen-bond acceptors (Lipinski definition) is 8. The van der Waals surface area contributed by atoms with Crippen molar-refractivity contribution in [2.45, 2.75) is 31.7 Å². The number of morpholine rings is 1. The molecule has 2 saturated heterocycles. The lowest BCUT2D eigenvalue weighted by atomic mass is 10.1. The number of fused-ring (bicyclic) bond motifs is 3. The van der Waals surface area contributed by atoms with E-state index >= 15 is 0 Å². The fourth-order valence-corrected chi connectivity index (χ4v) is 5.44. The molecular weight excluding hydrogens is 482 g/mol. The number of nitrogens with zero attached hydrogens (tertiary/aromatic N) is 4. The molecule has 3 aliphatic rings. The van der Waals surface area contributed by atoms with E-state index in [1.807, 2.05) is 30.5 Å². The number of anilines is 3. The van der Waals surface area contributed by atoms with Gasteiger partial charge in [0.15, 0.2) is 0 Å². The van der Waals surface area contributed by atoms with Gasteiger partial charge in [0.2, 0.25) is 0 Å². The summed E-state index contributed by atoms with van der Waals surface area (Å²) >= 11 is 6.41. The molecule has 0 spiro atoms. The first-order chi connectivity index (χ1) is 17.5. The van der Waals surface area contributed by atoms with Crippen LogP contribution in [0.15, 0.2) is 42.7 Å². The van der Waals surface area contributed by atoms with Crippen LogP contribution in [0, 0.1) is 0 Å². The van der Waals surface area contributed by atoms with E-state index in [-0.39, 0.29) is 5.91 Å². The number of hydrogen-bond donors (Lipinski definition) is 1. The average Bonchev–Trinajstić information content (AvgIpc) is 3.62. The first-order valence-corrected chi connectivity index (χ1v) is 12.2. The third-order valence-electron chi connectivity index (χ3n) is 7.08. The number of methoxy groups -OCH3 is 2. The van der Waals surface area contributed by atoms with Gasteiger partial charge < -0.3 is 29.3 Å². The highest BCUT2D eigenvalue weighted by Crippen LogP contribution is 2.37. The van der Waals surface area contributed by atoms with E-state index in [2.05, 4.69) is 20.2 Å². The quantitative estimate of drug-likeness (QED) is 0.480. The number of benzene rings is 1. The molecule has 1 unspecified atom stereocenters. The number of carbonyl (C=O) groups is 1. The van der Waals surface area contributed by atoms with Crippen LogP contribution in [0.1, 0.15) is 27.9 Å². The third kappa shape index (κ3) is 3.98. The van der Waals surface area contributed by atoms with Crippen molar-refractivity contribution in [3.05, 3.63) is 64.6 Å². The van der Waals surface area contributed by atoms with E-state index in [9.17, 15) is 4.79 Å². The SMILES string of the molecule is COc1ccc(CN2Cc3c(Cl)ncc(Nc4ccc(N5C[C@H]6CC5CO6)cn4)c3C2=O)c(OC)c1. The minimum atomic E-state index is -0.126. The van der Waals surface area contributed by atoms with Gasteiger partial charge in [-0.15, -0.1) is 0 Å². The highest BCUT2D eigenvalue weighted by atomic mass is 35.5. The lowest BCUT2D eigenvalue weighted by molar-refractivity contribution is 0.0766. The van der Waals surface area contributed by atoms with Gasteiger partial charge in [-0.05, 0) is 30.7 Å². The molecule has 186 valence electrons. The van der Waals surface area contributed by atoms with Gasteiger partial charge in [-0.25, -0.2) is 9.97 Å². The molecule has 2 aromatic heterocycles. The van der Waals surface area contributed by atoms with Crippen LogP contribution in [-0.4, -0.2) is 60.3 Å². The van der Waals surface area contributed by atoms with E-state index in [0.717, 1.165) is 30.8 Å². The third-order valence-corrected chi connectivity index (χ3v) is 7.40. The molecule has 3 aliphatic heterocycles. The fourth-order valence-electron chi connectivity index (χ4n) is 5.23. The first-order valence-electron chi connectivity index (χ1n) is 11.8. The molecule has 1 aromatic carbocycles. The molecule has 2 atom stereocenters. The van der Waals surface area contributed by atoms with Crippen LogP contribution in [0.5, 0.6) is 11.5 Å². The van der Waals surface area contributed by atoms with E-state index in [1.54, 1.807) is 31.4 Å². The van der Waals surface area contributed by atoms with Crippen LogP contribution in [-0.2, 0) is 17.8 Å². The van der Waals surface area contributed by atoms with Crippen molar-refractivity contribution in [2.75, 3.05) is 37.6 Å². The molecule has 10 heteroatoms. The zero-order chi connectivity index (χ0) is 24.8. The Morgan fingerprint density at radius 1 is 1.17 bits per heavy atom. The number of pyridine rings is 2. The number of nitrogens with one attached hydrogen (secondary N) is 1.